The fourth-order valence-electron chi connectivity index (χ4n) is 3.70. The van der Waals surface area contributed by atoms with Crippen molar-refractivity contribution in [3.05, 3.63) is 51.4 Å². The first kappa shape index (κ1) is 23.5. The van der Waals surface area contributed by atoms with Crippen molar-refractivity contribution in [3.8, 4) is 0 Å². The van der Waals surface area contributed by atoms with Gasteiger partial charge in [-0.25, -0.2) is 4.98 Å². The Balaban J connectivity index is 1.62. The van der Waals surface area contributed by atoms with Gasteiger partial charge in [0.1, 0.15) is 0 Å². The monoisotopic (exact) mass is 441 g/mol. The molecular formula is C23H31N5O4. The molecule has 9 nitrogen and oxygen atoms in total. The Labute approximate surface area is 187 Å². The highest BCUT2D eigenvalue weighted by Gasteiger charge is 2.17. The number of aryl methyl sites for hydroxylation is 1. The van der Waals surface area contributed by atoms with Crippen LogP contribution in [0.25, 0.3) is 0 Å². The summed E-state index contributed by atoms with van der Waals surface area (Å²) >= 11 is 0. The van der Waals surface area contributed by atoms with Gasteiger partial charge in [0.05, 0.1) is 13.2 Å². The number of aromatic amines is 1. The number of carbonyl (C=O) groups is 2. The maximum absolute atomic E-state index is 12.6. The van der Waals surface area contributed by atoms with E-state index in [2.05, 4.69) is 15.3 Å². The second kappa shape index (κ2) is 10.9. The second-order valence-corrected chi connectivity index (χ2v) is 7.66. The molecule has 0 saturated carbocycles. The number of rotatable bonds is 8. The predicted octanol–water partition coefficient (Wildman–Crippen LogP) is 1.97. The van der Waals surface area contributed by atoms with Crippen LogP contribution in [-0.2, 0) is 16.0 Å². The number of ether oxygens (including phenoxy) is 1. The molecule has 1 aliphatic heterocycles. The van der Waals surface area contributed by atoms with Crippen LogP contribution in [0.4, 0.5) is 11.6 Å². The predicted molar refractivity (Wildman–Crippen MR) is 123 cm³/mol. The number of nitrogens with one attached hydrogen (secondary N) is 2. The van der Waals surface area contributed by atoms with Crippen LogP contribution in [0.15, 0.2) is 29.1 Å². The molecule has 1 saturated heterocycles. The first-order valence-electron chi connectivity index (χ1n) is 11.0. The summed E-state index contributed by atoms with van der Waals surface area (Å²) < 4.78 is 5.34. The van der Waals surface area contributed by atoms with E-state index in [9.17, 15) is 14.4 Å². The fraction of sp³-hybridized carbons (Fsp3) is 0.478. The number of anilines is 2. The zero-order valence-corrected chi connectivity index (χ0v) is 18.9. The first-order chi connectivity index (χ1) is 15.4. The van der Waals surface area contributed by atoms with Crippen molar-refractivity contribution in [2.24, 2.45) is 0 Å². The van der Waals surface area contributed by atoms with E-state index in [1.54, 1.807) is 36.1 Å². The minimum Gasteiger partial charge on any atom is -0.378 e. The molecule has 172 valence electrons. The zero-order chi connectivity index (χ0) is 23.1. The molecule has 1 aromatic carbocycles. The van der Waals surface area contributed by atoms with E-state index >= 15 is 0 Å². The average Bonchev–Trinajstić information content (AvgIpc) is 2.80. The number of hydrogen-bond acceptors (Lipinski definition) is 6. The van der Waals surface area contributed by atoms with Gasteiger partial charge in [-0.15, -0.1) is 0 Å². The third-order valence-electron chi connectivity index (χ3n) is 5.57. The molecule has 2 amide bonds. The van der Waals surface area contributed by atoms with Crippen molar-refractivity contribution in [1.82, 2.24) is 14.9 Å². The Morgan fingerprint density at radius 2 is 1.94 bits per heavy atom. The number of aromatic nitrogens is 2. The quantitative estimate of drug-likeness (QED) is 0.649. The Kier molecular flexibility index (Phi) is 7.99. The Hall–Kier alpha value is -3.20. The van der Waals surface area contributed by atoms with Gasteiger partial charge in [0.15, 0.2) is 0 Å². The molecule has 3 rings (SSSR count). The smallest absolute Gasteiger partial charge is 0.255 e. The van der Waals surface area contributed by atoms with E-state index < -0.39 is 0 Å². The average molecular weight is 442 g/mol. The van der Waals surface area contributed by atoms with Crippen LogP contribution < -0.4 is 15.8 Å². The van der Waals surface area contributed by atoms with Gasteiger partial charge in [-0.3, -0.25) is 19.4 Å². The molecule has 1 aromatic heterocycles. The maximum atomic E-state index is 12.6. The molecule has 0 unspecified atom stereocenters. The van der Waals surface area contributed by atoms with Gasteiger partial charge in [0.25, 0.3) is 11.5 Å². The molecule has 2 N–H and O–H groups in total. The van der Waals surface area contributed by atoms with Crippen LogP contribution in [0, 0.1) is 6.92 Å². The highest BCUT2D eigenvalue weighted by molar-refractivity contribution is 5.97. The highest BCUT2D eigenvalue weighted by Crippen LogP contribution is 2.15. The largest absolute Gasteiger partial charge is 0.378 e. The number of H-pyrrole nitrogens is 1. The van der Waals surface area contributed by atoms with Crippen molar-refractivity contribution >= 4 is 23.5 Å². The topological polar surface area (TPSA) is 108 Å². The summed E-state index contributed by atoms with van der Waals surface area (Å²) in [7, 11) is 0. The number of hydrogen-bond donors (Lipinski definition) is 2. The third-order valence-corrected chi connectivity index (χ3v) is 5.57. The Morgan fingerprint density at radius 3 is 2.59 bits per heavy atom. The van der Waals surface area contributed by atoms with E-state index in [0.717, 1.165) is 0 Å². The van der Waals surface area contributed by atoms with Gasteiger partial charge in [-0.05, 0) is 45.4 Å². The van der Waals surface area contributed by atoms with Gasteiger partial charge in [0, 0.05) is 55.1 Å². The minimum absolute atomic E-state index is 0.0697. The third kappa shape index (κ3) is 5.73. The maximum Gasteiger partial charge on any atom is 0.255 e. The van der Waals surface area contributed by atoms with Crippen LogP contribution in [0.1, 0.15) is 41.9 Å². The van der Waals surface area contributed by atoms with Gasteiger partial charge in [-0.1, -0.05) is 6.07 Å². The molecule has 32 heavy (non-hydrogen) atoms. The van der Waals surface area contributed by atoms with Gasteiger partial charge >= 0.3 is 0 Å². The Morgan fingerprint density at radius 1 is 1.22 bits per heavy atom. The van der Waals surface area contributed by atoms with E-state index in [4.69, 9.17) is 4.74 Å². The SMILES string of the molecule is CCN(CC)C(=O)c1cccc(NC(=O)CCc2c(C)nc(N3CCOCC3)[nH]c2=O)c1. The fourth-order valence-corrected chi connectivity index (χ4v) is 3.70. The zero-order valence-electron chi connectivity index (χ0n) is 18.9. The normalized spacial score (nSPS) is 13.7. The van der Waals surface area contributed by atoms with Crippen molar-refractivity contribution in [3.63, 3.8) is 0 Å². The molecule has 0 radical (unpaired) electrons. The van der Waals surface area contributed by atoms with Gasteiger partial charge < -0.3 is 19.9 Å². The summed E-state index contributed by atoms with van der Waals surface area (Å²) in [6, 6.07) is 6.90. The van der Waals surface area contributed by atoms with Crippen molar-refractivity contribution < 1.29 is 14.3 Å². The number of morpholine rings is 1. The molecule has 0 atom stereocenters. The van der Waals surface area contributed by atoms with Gasteiger partial charge in [-0.2, -0.15) is 0 Å². The lowest BCUT2D eigenvalue weighted by Gasteiger charge is -2.27. The lowest BCUT2D eigenvalue weighted by Crippen LogP contribution is -2.38. The van der Waals surface area contributed by atoms with Crippen LogP contribution in [-0.4, -0.2) is 66.1 Å². The number of carbonyl (C=O) groups excluding carboxylic acids is 2. The van der Waals surface area contributed by atoms with E-state index in [1.807, 2.05) is 18.7 Å². The van der Waals surface area contributed by atoms with Crippen LogP contribution >= 0.6 is 0 Å². The number of amides is 2. The molecule has 2 aromatic rings. The lowest BCUT2D eigenvalue weighted by molar-refractivity contribution is -0.116. The summed E-state index contributed by atoms with van der Waals surface area (Å²) in [5, 5.41) is 2.82. The van der Waals surface area contributed by atoms with Crippen molar-refractivity contribution in [2.45, 2.75) is 33.6 Å². The molecule has 0 spiro atoms. The van der Waals surface area contributed by atoms with E-state index in [0.29, 0.717) is 67.8 Å². The molecular weight excluding hydrogens is 410 g/mol. The lowest BCUT2D eigenvalue weighted by atomic mass is 10.1. The van der Waals surface area contributed by atoms with E-state index in [1.165, 1.54) is 0 Å². The molecule has 1 fully saturated rings. The van der Waals surface area contributed by atoms with E-state index in [-0.39, 0.29) is 30.2 Å². The molecule has 1 aliphatic rings. The summed E-state index contributed by atoms with van der Waals surface area (Å²) in [5.41, 5.74) is 1.98. The van der Waals surface area contributed by atoms with Gasteiger partial charge in [0.2, 0.25) is 11.9 Å². The molecule has 2 heterocycles. The number of nitrogens with zero attached hydrogens (tertiary/aromatic N) is 3. The molecule has 0 bridgehead atoms. The van der Waals surface area contributed by atoms with Crippen molar-refractivity contribution in [1.29, 1.82) is 0 Å². The highest BCUT2D eigenvalue weighted by atomic mass is 16.5. The minimum atomic E-state index is -0.228. The Bertz CT molecular complexity index is 1010. The molecule has 9 heteroatoms. The second-order valence-electron chi connectivity index (χ2n) is 7.66. The molecule has 0 aliphatic carbocycles. The van der Waals surface area contributed by atoms with Crippen LogP contribution in [0.3, 0.4) is 0 Å². The van der Waals surface area contributed by atoms with Crippen molar-refractivity contribution in [2.75, 3.05) is 49.6 Å². The number of benzene rings is 1. The summed E-state index contributed by atoms with van der Waals surface area (Å²) in [5.74, 6) is 0.242. The summed E-state index contributed by atoms with van der Waals surface area (Å²) in [4.78, 5) is 48.7. The standard InChI is InChI=1S/C23H31N5O4/c1-4-27(5-2)22(31)17-7-6-8-18(15-17)25-20(29)10-9-19-16(3)24-23(26-21(19)30)28-11-13-32-14-12-28/h6-8,15H,4-5,9-14H2,1-3H3,(H,25,29)(H,24,26,30). The van der Waals surface area contributed by atoms with Crippen LogP contribution in [0.5, 0.6) is 0 Å². The summed E-state index contributed by atoms with van der Waals surface area (Å²) in [6.45, 7) is 9.46. The van der Waals surface area contributed by atoms with Crippen LogP contribution in [0.2, 0.25) is 0 Å². The first-order valence-corrected chi connectivity index (χ1v) is 11.0. The summed E-state index contributed by atoms with van der Waals surface area (Å²) in [6.07, 6.45) is 0.415.